The Bertz CT molecular complexity index is 764. The molecule has 0 unspecified atom stereocenters. The third-order valence-corrected chi connectivity index (χ3v) is 5.32. The van der Waals surface area contributed by atoms with E-state index in [0.717, 1.165) is 51.1 Å². The van der Waals surface area contributed by atoms with Crippen LogP contribution in [0.3, 0.4) is 0 Å². The molecule has 0 aromatic heterocycles. The number of rotatable bonds is 17. The Morgan fingerprint density at radius 1 is 0.594 bits per heavy atom. The highest BCUT2D eigenvalue weighted by atomic mass is 16.5. The van der Waals surface area contributed by atoms with E-state index in [9.17, 15) is 9.59 Å². The zero-order valence-electron chi connectivity index (χ0n) is 18.6. The van der Waals surface area contributed by atoms with E-state index in [-0.39, 0.29) is 13.2 Å². The number of carbonyl (C=O) groups excluding carboxylic acids is 2. The minimum absolute atomic E-state index is 0.0888. The van der Waals surface area contributed by atoms with E-state index in [1.807, 2.05) is 0 Å². The molecule has 0 amide bonds. The maximum Gasteiger partial charge on any atom is 0.153 e. The van der Waals surface area contributed by atoms with E-state index in [2.05, 4.69) is 0 Å². The Kier molecular flexibility index (Phi) is 12.1. The topological polar surface area (TPSA) is 93.1 Å². The quantitative estimate of drug-likeness (QED) is 0.268. The summed E-state index contributed by atoms with van der Waals surface area (Å²) in [6.07, 6.45) is 10.3. The second-order valence-corrected chi connectivity index (χ2v) is 7.82. The summed E-state index contributed by atoms with van der Waals surface area (Å²) in [6.45, 7) is 0.986. The van der Waals surface area contributed by atoms with Crippen molar-refractivity contribution < 1.29 is 29.3 Å². The van der Waals surface area contributed by atoms with Crippen molar-refractivity contribution in [2.24, 2.45) is 0 Å². The number of aliphatic hydroxyl groups excluding tert-OH is 2. The fourth-order valence-electron chi connectivity index (χ4n) is 3.47. The lowest BCUT2D eigenvalue weighted by atomic mass is 10.1. The summed E-state index contributed by atoms with van der Waals surface area (Å²) in [5, 5.41) is 18.3. The van der Waals surface area contributed by atoms with Gasteiger partial charge in [-0.05, 0) is 48.2 Å². The first-order valence-electron chi connectivity index (χ1n) is 11.3. The first kappa shape index (κ1) is 25.6. The highest BCUT2D eigenvalue weighted by molar-refractivity contribution is 5.80. The Labute approximate surface area is 190 Å². The highest BCUT2D eigenvalue weighted by Gasteiger charge is 2.05. The van der Waals surface area contributed by atoms with Gasteiger partial charge < -0.3 is 19.7 Å². The lowest BCUT2D eigenvalue weighted by molar-refractivity contribution is 0.111. The van der Waals surface area contributed by atoms with Crippen LogP contribution < -0.4 is 9.47 Å². The number of carbonyl (C=O) groups is 2. The van der Waals surface area contributed by atoms with Crippen LogP contribution in [0.2, 0.25) is 0 Å². The van der Waals surface area contributed by atoms with E-state index in [0.29, 0.717) is 47.0 Å². The van der Waals surface area contributed by atoms with Crippen LogP contribution in [0.5, 0.6) is 11.5 Å². The minimum atomic E-state index is -0.0888. The second kappa shape index (κ2) is 15.2. The van der Waals surface area contributed by atoms with Crippen LogP contribution in [0.1, 0.15) is 83.2 Å². The summed E-state index contributed by atoms with van der Waals surface area (Å²) in [5.74, 6) is 1.15. The molecule has 0 spiro atoms. The van der Waals surface area contributed by atoms with Crippen molar-refractivity contribution in [3.8, 4) is 11.5 Å². The molecule has 0 radical (unpaired) electrons. The summed E-state index contributed by atoms with van der Waals surface area (Å²) in [7, 11) is 0. The number of hydrogen-bond donors (Lipinski definition) is 2. The highest BCUT2D eigenvalue weighted by Crippen LogP contribution is 2.20. The fraction of sp³-hybridized carbons (Fsp3) is 0.462. The molecular weight excluding hydrogens is 408 g/mol. The summed E-state index contributed by atoms with van der Waals surface area (Å²) in [6, 6.07) is 10.3. The molecule has 2 aromatic carbocycles. The molecular formula is C26H34O6. The molecule has 6 heteroatoms. The van der Waals surface area contributed by atoms with Gasteiger partial charge in [0.05, 0.1) is 37.6 Å². The number of hydrogen-bond acceptors (Lipinski definition) is 6. The fourth-order valence-corrected chi connectivity index (χ4v) is 3.47. The van der Waals surface area contributed by atoms with Gasteiger partial charge in [-0.25, -0.2) is 0 Å². The van der Waals surface area contributed by atoms with Crippen LogP contribution in [0, 0.1) is 0 Å². The van der Waals surface area contributed by atoms with Crippen LogP contribution in [-0.4, -0.2) is 36.0 Å². The predicted molar refractivity (Wildman–Crippen MR) is 123 cm³/mol. The summed E-state index contributed by atoms with van der Waals surface area (Å²) >= 11 is 0. The third kappa shape index (κ3) is 8.81. The second-order valence-electron chi connectivity index (χ2n) is 7.82. The molecule has 32 heavy (non-hydrogen) atoms. The van der Waals surface area contributed by atoms with E-state index in [1.165, 1.54) is 12.8 Å². The van der Waals surface area contributed by atoms with Crippen molar-refractivity contribution in [3.63, 3.8) is 0 Å². The van der Waals surface area contributed by atoms with Gasteiger partial charge in [0.1, 0.15) is 11.5 Å². The SMILES string of the molecule is O=Cc1cc(CO)ccc1OCCCCCCCCCCOc1ccc(CO)cc1C=O. The molecule has 0 fully saturated rings. The molecule has 0 saturated carbocycles. The van der Waals surface area contributed by atoms with Gasteiger partial charge in [-0.15, -0.1) is 0 Å². The Morgan fingerprint density at radius 2 is 0.969 bits per heavy atom. The molecule has 174 valence electrons. The van der Waals surface area contributed by atoms with Gasteiger partial charge in [0.2, 0.25) is 0 Å². The van der Waals surface area contributed by atoms with Crippen molar-refractivity contribution in [2.45, 2.75) is 64.6 Å². The largest absolute Gasteiger partial charge is 0.493 e. The molecule has 0 saturated heterocycles. The zero-order valence-corrected chi connectivity index (χ0v) is 18.6. The number of ether oxygens (including phenoxy) is 2. The van der Waals surface area contributed by atoms with Crippen molar-refractivity contribution in [3.05, 3.63) is 58.7 Å². The lowest BCUT2D eigenvalue weighted by Crippen LogP contribution is -2.01. The standard InChI is InChI=1S/C26H34O6/c27-17-21-9-11-25(23(15-21)19-29)31-13-7-5-3-1-2-4-6-8-14-32-26-12-10-22(18-28)16-24(26)20-30/h9-12,15-16,19-20,27-28H,1-8,13-14,17-18H2. The maximum absolute atomic E-state index is 11.1. The van der Waals surface area contributed by atoms with Crippen molar-refractivity contribution in [1.82, 2.24) is 0 Å². The Balaban J connectivity index is 1.48. The number of aliphatic hydroxyl groups is 2. The van der Waals surface area contributed by atoms with Gasteiger partial charge in [0.15, 0.2) is 12.6 Å². The predicted octanol–water partition coefficient (Wildman–Crippen LogP) is 4.87. The summed E-state index contributed by atoms with van der Waals surface area (Å²) < 4.78 is 11.4. The molecule has 0 aliphatic carbocycles. The Hall–Kier alpha value is -2.70. The number of unbranched alkanes of at least 4 members (excludes halogenated alkanes) is 7. The van der Waals surface area contributed by atoms with Crippen molar-refractivity contribution in [1.29, 1.82) is 0 Å². The lowest BCUT2D eigenvalue weighted by Gasteiger charge is -2.10. The number of aldehydes is 2. The Morgan fingerprint density at radius 3 is 1.31 bits per heavy atom. The van der Waals surface area contributed by atoms with Gasteiger partial charge in [-0.2, -0.15) is 0 Å². The van der Waals surface area contributed by atoms with Gasteiger partial charge in [-0.1, -0.05) is 50.7 Å². The van der Waals surface area contributed by atoms with Gasteiger partial charge in [-0.3, -0.25) is 9.59 Å². The van der Waals surface area contributed by atoms with Crippen LogP contribution >= 0.6 is 0 Å². The van der Waals surface area contributed by atoms with Crippen molar-refractivity contribution in [2.75, 3.05) is 13.2 Å². The van der Waals surface area contributed by atoms with Crippen molar-refractivity contribution >= 4 is 12.6 Å². The minimum Gasteiger partial charge on any atom is -0.493 e. The summed E-state index contributed by atoms with van der Waals surface area (Å²) in [4.78, 5) is 22.3. The van der Waals surface area contributed by atoms with Crippen LogP contribution in [0.4, 0.5) is 0 Å². The average Bonchev–Trinajstić information content (AvgIpc) is 2.84. The first-order chi connectivity index (χ1) is 15.7. The monoisotopic (exact) mass is 442 g/mol. The molecule has 0 bridgehead atoms. The molecule has 2 aromatic rings. The number of benzene rings is 2. The summed E-state index contributed by atoms with van der Waals surface area (Å²) in [5.41, 5.74) is 2.36. The third-order valence-electron chi connectivity index (χ3n) is 5.32. The smallest absolute Gasteiger partial charge is 0.153 e. The van der Waals surface area contributed by atoms with Crippen LogP contribution in [0.15, 0.2) is 36.4 Å². The molecule has 2 N–H and O–H groups in total. The zero-order chi connectivity index (χ0) is 23.0. The van der Waals surface area contributed by atoms with E-state index in [1.54, 1.807) is 36.4 Å². The maximum atomic E-state index is 11.1. The molecule has 2 rings (SSSR count). The average molecular weight is 443 g/mol. The first-order valence-corrected chi connectivity index (χ1v) is 11.3. The molecule has 0 aliphatic rings. The molecule has 0 aliphatic heterocycles. The van der Waals surface area contributed by atoms with E-state index < -0.39 is 0 Å². The van der Waals surface area contributed by atoms with Crippen LogP contribution in [-0.2, 0) is 13.2 Å². The van der Waals surface area contributed by atoms with E-state index in [4.69, 9.17) is 19.7 Å². The normalized spacial score (nSPS) is 10.7. The molecule has 0 atom stereocenters. The van der Waals surface area contributed by atoms with Gasteiger partial charge in [0, 0.05) is 0 Å². The van der Waals surface area contributed by atoms with Gasteiger partial charge >= 0.3 is 0 Å². The molecule has 6 nitrogen and oxygen atoms in total. The van der Waals surface area contributed by atoms with Crippen LogP contribution in [0.25, 0.3) is 0 Å². The van der Waals surface area contributed by atoms with Gasteiger partial charge in [0.25, 0.3) is 0 Å². The van der Waals surface area contributed by atoms with E-state index >= 15 is 0 Å². The molecule has 0 heterocycles.